The summed E-state index contributed by atoms with van der Waals surface area (Å²) >= 11 is 0. The molecular weight excluding hydrogens is 322 g/mol. The number of hydrogen-bond donors (Lipinski definition) is 4. The fourth-order valence-corrected chi connectivity index (χ4v) is 2.82. The van der Waals surface area contributed by atoms with E-state index in [4.69, 9.17) is 0 Å². The van der Waals surface area contributed by atoms with Gasteiger partial charge in [0.05, 0.1) is 11.0 Å². The Bertz CT molecular complexity index is 1020. The molecule has 1 aromatic heterocycles. The van der Waals surface area contributed by atoms with Crippen molar-refractivity contribution < 1.29 is 9.59 Å². The fraction of sp³-hybridized carbons (Fsp3) is 0.118. The van der Waals surface area contributed by atoms with Gasteiger partial charge < -0.3 is 20.6 Å². The topological polar surface area (TPSA) is 110 Å². The molecule has 0 radical (unpaired) electrons. The molecule has 0 bridgehead atoms. The van der Waals surface area contributed by atoms with Gasteiger partial charge in [-0.2, -0.15) is 0 Å². The molecule has 1 aliphatic heterocycles. The van der Waals surface area contributed by atoms with Gasteiger partial charge in [0, 0.05) is 30.0 Å². The number of carbonyl (C=O) groups is 2. The number of imidazole rings is 1. The third-order valence-electron chi connectivity index (χ3n) is 4.07. The van der Waals surface area contributed by atoms with Crippen molar-refractivity contribution in [3.63, 3.8) is 0 Å². The number of nitrogens with zero attached hydrogens (tertiary/aromatic N) is 1. The molecule has 3 amide bonds. The van der Waals surface area contributed by atoms with Gasteiger partial charge in [-0.15, -0.1) is 0 Å². The number of aromatic amines is 2. The molecule has 0 spiro atoms. The second-order valence-electron chi connectivity index (χ2n) is 5.72. The van der Waals surface area contributed by atoms with Crippen molar-refractivity contribution in [1.82, 2.24) is 15.3 Å². The highest BCUT2D eigenvalue weighted by atomic mass is 16.2. The van der Waals surface area contributed by atoms with Gasteiger partial charge in [-0.1, -0.05) is 0 Å². The highest BCUT2D eigenvalue weighted by molar-refractivity contribution is 6.05. The van der Waals surface area contributed by atoms with Crippen molar-refractivity contribution in [2.24, 2.45) is 0 Å². The van der Waals surface area contributed by atoms with E-state index in [1.54, 1.807) is 47.4 Å². The number of amides is 3. The molecule has 0 atom stereocenters. The van der Waals surface area contributed by atoms with Gasteiger partial charge in [-0.25, -0.2) is 9.59 Å². The summed E-state index contributed by atoms with van der Waals surface area (Å²) in [5.41, 5.74) is 2.81. The van der Waals surface area contributed by atoms with E-state index in [-0.39, 0.29) is 17.6 Å². The first-order chi connectivity index (χ1) is 12.1. The smallest absolute Gasteiger partial charge is 0.323 e. The summed E-state index contributed by atoms with van der Waals surface area (Å²) in [6.07, 6.45) is 0. The second kappa shape index (κ2) is 5.82. The molecule has 1 fully saturated rings. The molecule has 3 aromatic rings. The lowest BCUT2D eigenvalue weighted by molar-refractivity contribution is 0.102. The lowest BCUT2D eigenvalue weighted by Crippen LogP contribution is -2.27. The van der Waals surface area contributed by atoms with E-state index >= 15 is 0 Å². The van der Waals surface area contributed by atoms with Crippen LogP contribution in [0.25, 0.3) is 11.0 Å². The number of H-pyrrole nitrogens is 2. The van der Waals surface area contributed by atoms with Crippen LogP contribution >= 0.6 is 0 Å². The maximum absolute atomic E-state index is 12.4. The molecule has 4 rings (SSSR count). The van der Waals surface area contributed by atoms with Gasteiger partial charge in [0.25, 0.3) is 5.91 Å². The fourth-order valence-electron chi connectivity index (χ4n) is 2.82. The molecule has 0 saturated carbocycles. The maximum atomic E-state index is 12.4. The minimum atomic E-state index is -0.292. The maximum Gasteiger partial charge on any atom is 0.323 e. The summed E-state index contributed by atoms with van der Waals surface area (Å²) in [6, 6.07) is 11.8. The molecular formula is C17H15N5O3. The van der Waals surface area contributed by atoms with Crippen molar-refractivity contribution in [2.45, 2.75) is 0 Å². The van der Waals surface area contributed by atoms with Crippen LogP contribution in [0.5, 0.6) is 0 Å². The highest BCUT2D eigenvalue weighted by Gasteiger charge is 2.21. The van der Waals surface area contributed by atoms with Crippen molar-refractivity contribution in [3.05, 3.63) is 58.5 Å². The largest absolute Gasteiger partial charge is 0.336 e. The SMILES string of the molecule is O=C(Nc1ccc2[nH]c(=O)[nH]c2c1)c1ccc(N2CCNC2=O)cc1. The van der Waals surface area contributed by atoms with Crippen molar-refractivity contribution in [3.8, 4) is 0 Å². The summed E-state index contributed by atoms with van der Waals surface area (Å²) < 4.78 is 0. The Morgan fingerprint density at radius 3 is 2.48 bits per heavy atom. The highest BCUT2D eigenvalue weighted by Crippen LogP contribution is 2.19. The van der Waals surface area contributed by atoms with Crippen LogP contribution in [0.15, 0.2) is 47.3 Å². The number of nitrogens with one attached hydrogen (secondary N) is 4. The standard InChI is InChI=1S/C17H15N5O3/c23-15(19-11-3-6-13-14(9-11)21-16(24)20-13)10-1-4-12(5-2-10)22-8-7-18-17(22)25/h1-6,9H,7-8H2,(H,18,25)(H,19,23)(H2,20,21,24). The quantitative estimate of drug-likeness (QED) is 0.583. The van der Waals surface area contributed by atoms with E-state index in [0.717, 1.165) is 5.69 Å². The molecule has 2 heterocycles. The number of fused-ring (bicyclic) bond motifs is 1. The first kappa shape index (κ1) is 15.0. The Morgan fingerprint density at radius 1 is 1.00 bits per heavy atom. The van der Waals surface area contributed by atoms with E-state index in [2.05, 4.69) is 20.6 Å². The molecule has 4 N–H and O–H groups in total. The number of urea groups is 1. The Labute approximate surface area is 141 Å². The Balaban J connectivity index is 1.51. The first-order valence-electron chi connectivity index (χ1n) is 7.79. The first-order valence-corrected chi connectivity index (χ1v) is 7.79. The van der Waals surface area contributed by atoms with Gasteiger partial charge in [0.15, 0.2) is 0 Å². The lowest BCUT2D eigenvalue weighted by Gasteiger charge is -2.14. The molecule has 25 heavy (non-hydrogen) atoms. The third-order valence-corrected chi connectivity index (χ3v) is 4.07. The van der Waals surface area contributed by atoms with E-state index in [0.29, 0.717) is 35.4 Å². The van der Waals surface area contributed by atoms with Crippen molar-refractivity contribution in [1.29, 1.82) is 0 Å². The number of hydrogen-bond acceptors (Lipinski definition) is 3. The molecule has 8 heteroatoms. The van der Waals surface area contributed by atoms with Crippen LogP contribution < -0.4 is 21.2 Å². The van der Waals surface area contributed by atoms with E-state index < -0.39 is 0 Å². The van der Waals surface area contributed by atoms with Crippen LogP contribution in [0.4, 0.5) is 16.2 Å². The molecule has 2 aromatic carbocycles. The number of anilines is 2. The second-order valence-corrected chi connectivity index (χ2v) is 5.72. The summed E-state index contributed by atoms with van der Waals surface area (Å²) in [5.74, 6) is -0.269. The van der Waals surface area contributed by atoms with Crippen molar-refractivity contribution >= 4 is 34.3 Å². The number of rotatable bonds is 3. The third kappa shape index (κ3) is 2.85. The van der Waals surface area contributed by atoms with Gasteiger partial charge >= 0.3 is 11.7 Å². The molecule has 8 nitrogen and oxygen atoms in total. The summed E-state index contributed by atoms with van der Waals surface area (Å²) in [5, 5.41) is 5.52. The van der Waals surface area contributed by atoms with E-state index in [1.807, 2.05) is 0 Å². The number of carbonyl (C=O) groups excluding carboxylic acids is 2. The van der Waals surface area contributed by atoms with Crippen LogP contribution in [-0.2, 0) is 0 Å². The predicted octanol–water partition coefficient (Wildman–Crippen LogP) is 1.64. The molecule has 0 unspecified atom stereocenters. The van der Waals surface area contributed by atoms with E-state index in [9.17, 15) is 14.4 Å². The molecule has 126 valence electrons. The van der Waals surface area contributed by atoms with Crippen LogP contribution in [-0.4, -0.2) is 35.0 Å². The zero-order valence-corrected chi connectivity index (χ0v) is 13.1. The zero-order chi connectivity index (χ0) is 17.4. The molecule has 1 aliphatic rings. The Kier molecular flexibility index (Phi) is 3.50. The van der Waals surface area contributed by atoms with Crippen LogP contribution in [0, 0.1) is 0 Å². The van der Waals surface area contributed by atoms with Gasteiger partial charge in [0.1, 0.15) is 0 Å². The normalized spacial score (nSPS) is 13.9. The van der Waals surface area contributed by atoms with Crippen LogP contribution in [0.1, 0.15) is 10.4 Å². The van der Waals surface area contributed by atoms with E-state index in [1.165, 1.54) is 0 Å². The lowest BCUT2D eigenvalue weighted by atomic mass is 10.1. The number of aromatic nitrogens is 2. The minimum absolute atomic E-state index is 0.133. The summed E-state index contributed by atoms with van der Waals surface area (Å²) in [7, 11) is 0. The Morgan fingerprint density at radius 2 is 1.76 bits per heavy atom. The van der Waals surface area contributed by atoms with Crippen LogP contribution in [0.2, 0.25) is 0 Å². The summed E-state index contributed by atoms with van der Waals surface area (Å²) in [4.78, 5) is 42.2. The average Bonchev–Trinajstić information content (AvgIpc) is 3.19. The van der Waals surface area contributed by atoms with Gasteiger partial charge in [0.2, 0.25) is 0 Å². The molecule has 0 aliphatic carbocycles. The average molecular weight is 337 g/mol. The Hall–Kier alpha value is -3.55. The predicted molar refractivity (Wildman–Crippen MR) is 94.1 cm³/mol. The monoisotopic (exact) mass is 337 g/mol. The van der Waals surface area contributed by atoms with Crippen LogP contribution in [0.3, 0.4) is 0 Å². The van der Waals surface area contributed by atoms with Crippen molar-refractivity contribution in [2.75, 3.05) is 23.3 Å². The van der Waals surface area contributed by atoms with Gasteiger partial charge in [-0.05, 0) is 42.5 Å². The zero-order valence-electron chi connectivity index (χ0n) is 13.1. The van der Waals surface area contributed by atoms with Gasteiger partial charge in [-0.3, -0.25) is 9.69 Å². The molecule has 1 saturated heterocycles. The number of benzene rings is 2. The minimum Gasteiger partial charge on any atom is -0.336 e. The summed E-state index contributed by atoms with van der Waals surface area (Å²) in [6.45, 7) is 1.23.